The van der Waals surface area contributed by atoms with Crippen molar-refractivity contribution in [1.82, 2.24) is 4.90 Å². The summed E-state index contributed by atoms with van der Waals surface area (Å²) in [4.78, 5) is 12.8. The van der Waals surface area contributed by atoms with E-state index in [1.54, 1.807) is 32.3 Å². The topological polar surface area (TPSA) is 79.9 Å². The minimum absolute atomic E-state index is 0.0622. The lowest BCUT2D eigenvalue weighted by molar-refractivity contribution is -0.126. The zero-order valence-corrected chi connectivity index (χ0v) is 9.69. The van der Waals surface area contributed by atoms with Gasteiger partial charge >= 0.3 is 0 Å². The Bertz CT molecular complexity index is 508. The van der Waals surface area contributed by atoms with Crippen LogP contribution in [0.5, 0.6) is 0 Å². The summed E-state index contributed by atoms with van der Waals surface area (Å²) < 4.78 is 0. The van der Waals surface area contributed by atoms with Crippen LogP contribution in [-0.2, 0) is 4.79 Å². The van der Waals surface area contributed by atoms with Crippen LogP contribution in [0.1, 0.15) is 11.1 Å². The first-order valence-electron chi connectivity index (χ1n) is 4.96. The molecule has 0 aromatic heterocycles. The third-order valence-corrected chi connectivity index (χ3v) is 2.20. The van der Waals surface area contributed by atoms with Gasteiger partial charge in [0.15, 0.2) is 0 Å². The van der Waals surface area contributed by atoms with Gasteiger partial charge in [-0.1, -0.05) is 0 Å². The van der Waals surface area contributed by atoms with Crippen molar-refractivity contribution in [3.63, 3.8) is 0 Å². The fourth-order valence-corrected chi connectivity index (χ4v) is 1.18. The van der Waals surface area contributed by atoms with Gasteiger partial charge in [0.1, 0.15) is 12.1 Å². The highest BCUT2D eigenvalue weighted by Gasteiger charge is 2.05. The van der Waals surface area contributed by atoms with Crippen LogP contribution in [-0.4, -0.2) is 31.4 Å². The Morgan fingerprint density at radius 3 is 2.47 bits per heavy atom. The van der Waals surface area contributed by atoms with Gasteiger partial charge in [-0.15, -0.1) is 0 Å². The maximum absolute atomic E-state index is 11.3. The summed E-state index contributed by atoms with van der Waals surface area (Å²) in [5.74, 6) is -0.0622. The molecule has 1 amide bonds. The van der Waals surface area contributed by atoms with Crippen LogP contribution in [0, 0.1) is 22.7 Å². The summed E-state index contributed by atoms with van der Waals surface area (Å²) >= 11 is 0. The molecular weight excluding hydrogens is 216 g/mol. The normalized spacial score (nSPS) is 8.94. The molecule has 1 N–H and O–H groups in total. The largest absolute Gasteiger partial charge is 0.376 e. The summed E-state index contributed by atoms with van der Waals surface area (Å²) in [5, 5.41) is 20.5. The molecule has 0 aliphatic carbocycles. The molecule has 1 aromatic rings. The standard InChI is InChI=1S/C12H12N4O/c1-16(2)12(17)8-15-11-4-3-9(6-13)10(5-11)7-14/h3-5,15H,8H2,1-2H3. The predicted octanol–water partition coefficient (Wildman–Crippen LogP) is 0.930. The molecule has 0 saturated heterocycles. The Morgan fingerprint density at radius 1 is 1.29 bits per heavy atom. The molecule has 0 unspecified atom stereocenters. The lowest BCUT2D eigenvalue weighted by Crippen LogP contribution is -2.28. The van der Waals surface area contributed by atoms with Crippen LogP contribution in [0.3, 0.4) is 0 Å². The van der Waals surface area contributed by atoms with Crippen molar-refractivity contribution in [2.24, 2.45) is 0 Å². The number of anilines is 1. The van der Waals surface area contributed by atoms with Crippen molar-refractivity contribution in [3.05, 3.63) is 29.3 Å². The number of carbonyl (C=O) groups excluding carboxylic acids is 1. The van der Waals surface area contributed by atoms with E-state index in [0.717, 1.165) is 0 Å². The number of hydrogen-bond donors (Lipinski definition) is 1. The molecule has 0 bridgehead atoms. The number of rotatable bonds is 3. The van der Waals surface area contributed by atoms with Crippen LogP contribution < -0.4 is 5.32 Å². The van der Waals surface area contributed by atoms with Gasteiger partial charge in [-0.25, -0.2) is 0 Å². The fourth-order valence-electron chi connectivity index (χ4n) is 1.18. The van der Waals surface area contributed by atoms with E-state index in [9.17, 15) is 4.79 Å². The third-order valence-electron chi connectivity index (χ3n) is 2.20. The van der Waals surface area contributed by atoms with Gasteiger partial charge < -0.3 is 10.2 Å². The minimum Gasteiger partial charge on any atom is -0.376 e. The lowest BCUT2D eigenvalue weighted by Gasteiger charge is -2.11. The van der Waals surface area contributed by atoms with Crippen LogP contribution in [0.15, 0.2) is 18.2 Å². The van der Waals surface area contributed by atoms with E-state index >= 15 is 0 Å². The summed E-state index contributed by atoms with van der Waals surface area (Å²) in [6.07, 6.45) is 0. The van der Waals surface area contributed by atoms with Crippen molar-refractivity contribution < 1.29 is 4.79 Å². The number of nitriles is 2. The first kappa shape index (κ1) is 12.5. The van der Waals surface area contributed by atoms with E-state index in [4.69, 9.17) is 10.5 Å². The molecule has 0 saturated carbocycles. The Morgan fingerprint density at radius 2 is 1.94 bits per heavy atom. The van der Waals surface area contributed by atoms with Crippen molar-refractivity contribution >= 4 is 11.6 Å². The summed E-state index contributed by atoms with van der Waals surface area (Å²) in [7, 11) is 3.34. The maximum Gasteiger partial charge on any atom is 0.241 e. The van der Waals surface area contributed by atoms with Gasteiger partial charge in [-0.3, -0.25) is 4.79 Å². The molecule has 0 atom stereocenters. The predicted molar refractivity (Wildman–Crippen MR) is 63.1 cm³/mol. The zero-order valence-electron chi connectivity index (χ0n) is 9.69. The zero-order chi connectivity index (χ0) is 12.8. The van der Waals surface area contributed by atoms with Gasteiger partial charge in [-0.05, 0) is 18.2 Å². The Kier molecular flexibility index (Phi) is 4.08. The SMILES string of the molecule is CN(C)C(=O)CNc1ccc(C#N)c(C#N)c1. The van der Waals surface area contributed by atoms with Gasteiger partial charge in [-0.2, -0.15) is 10.5 Å². The molecule has 5 nitrogen and oxygen atoms in total. The van der Waals surface area contributed by atoms with Crippen LogP contribution >= 0.6 is 0 Å². The second-order valence-electron chi connectivity index (χ2n) is 3.63. The van der Waals surface area contributed by atoms with E-state index < -0.39 is 0 Å². The third kappa shape index (κ3) is 3.22. The number of likely N-dealkylation sites (N-methyl/N-ethyl adjacent to an activating group) is 1. The number of nitrogens with one attached hydrogen (secondary N) is 1. The Balaban J connectivity index is 2.78. The molecule has 0 heterocycles. The molecule has 1 rings (SSSR count). The number of nitrogens with zero attached hydrogens (tertiary/aromatic N) is 3. The summed E-state index contributed by atoms with van der Waals surface area (Å²) in [5.41, 5.74) is 1.28. The second kappa shape index (κ2) is 5.53. The number of amides is 1. The quantitative estimate of drug-likeness (QED) is 0.834. The molecule has 0 radical (unpaired) electrons. The highest BCUT2D eigenvalue weighted by atomic mass is 16.2. The van der Waals surface area contributed by atoms with E-state index in [-0.39, 0.29) is 12.5 Å². The highest BCUT2D eigenvalue weighted by Crippen LogP contribution is 2.14. The molecule has 0 fully saturated rings. The van der Waals surface area contributed by atoms with Crippen LogP contribution in [0.4, 0.5) is 5.69 Å². The van der Waals surface area contributed by atoms with Gasteiger partial charge in [0, 0.05) is 19.8 Å². The smallest absolute Gasteiger partial charge is 0.241 e. The van der Waals surface area contributed by atoms with Crippen LogP contribution in [0.25, 0.3) is 0 Å². The maximum atomic E-state index is 11.3. The number of hydrogen-bond acceptors (Lipinski definition) is 4. The minimum atomic E-state index is -0.0622. The average molecular weight is 228 g/mol. The first-order valence-corrected chi connectivity index (χ1v) is 4.96. The molecule has 86 valence electrons. The van der Waals surface area contributed by atoms with Crippen molar-refractivity contribution in [1.29, 1.82) is 10.5 Å². The molecular formula is C12H12N4O. The number of carbonyl (C=O) groups is 1. The van der Waals surface area contributed by atoms with Crippen molar-refractivity contribution in [3.8, 4) is 12.1 Å². The average Bonchev–Trinajstić information content (AvgIpc) is 2.35. The Hall–Kier alpha value is -2.53. The molecule has 0 aliphatic rings. The second-order valence-corrected chi connectivity index (χ2v) is 3.63. The highest BCUT2D eigenvalue weighted by molar-refractivity contribution is 5.80. The fraction of sp³-hybridized carbons (Fsp3) is 0.250. The van der Waals surface area contributed by atoms with Gasteiger partial charge in [0.2, 0.25) is 5.91 Å². The van der Waals surface area contributed by atoms with E-state index in [0.29, 0.717) is 16.8 Å². The molecule has 5 heteroatoms. The summed E-state index contributed by atoms with van der Waals surface area (Å²) in [6.45, 7) is 0.157. The molecule has 0 aliphatic heterocycles. The number of benzene rings is 1. The Labute approximate surface area is 99.9 Å². The summed E-state index contributed by atoms with van der Waals surface area (Å²) in [6, 6.07) is 8.65. The van der Waals surface area contributed by atoms with Crippen LogP contribution in [0.2, 0.25) is 0 Å². The van der Waals surface area contributed by atoms with Crippen molar-refractivity contribution in [2.45, 2.75) is 0 Å². The first-order chi connectivity index (χ1) is 8.08. The van der Waals surface area contributed by atoms with E-state index in [1.807, 2.05) is 12.1 Å². The lowest BCUT2D eigenvalue weighted by atomic mass is 10.1. The van der Waals surface area contributed by atoms with Gasteiger partial charge in [0.25, 0.3) is 0 Å². The molecule has 17 heavy (non-hydrogen) atoms. The van der Waals surface area contributed by atoms with E-state index in [1.165, 1.54) is 4.90 Å². The van der Waals surface area contributed by atoms with E-state index in [2.05, 4.69) is 5.32 Å². The molecule has 0 spiro atoms. The molecule has 1 aromatic carbocycles. The van der Waals surface area contributed by atoms with Gasteiger partial charge in [0.05, 0.1) is 17.7 Å². The van der Waals surface area contributed by atoms with Crippen molar-refractivity contribution in [2.75, 3.05) is 26.0 Å². The monoisotopic (exact) mass is 228 g/mol.